The third kappa shape index (κ3) is 4.63. The van der Waals surface area contributed by atoms with Gasteiger partial charge in [-0.05, 0) is 65.7 Å². The Balaban J connectivity index is 2.12. The Labute approximate surface area is 145 Å². The Morgan fingerprint density at radius 1 is 1.21 bits per heavy atom. The second kappa shape index (κ2) is 7.01. The summed E-state index contributed by atoms with van der Waals surface area (Å²) in [6.45, 7) is 11.2. The average Bonchev–Trinajstić information content (AvgIpc) is 2.44. The minimum Gasteiger partial charge on any atom is -0.493 e. The fourth-order valence-electron chi connectivity index (χ4n) is 3.78. The molecule has 1 aromatic carbocycles. The lowest BCUT2D eigenvalue weighted by Crippen LogP contribution is -2.62. The molecular weight excluding hydrogens is 304 g/mol. The number of rotatable bonds is 5. The molecule has 0 aromatic heterocycles. The van der Waals surface area contributed by atoms with Gasteiger partial charge >= 0.3 is 0 Å². The second-order valence-electron chi connectivity index (χ2n) is 7.77. The predicted molar refractivity (Wildman–Crippen MR) is 95.9 cm³/mol. The van der Waals surface area contributed by atoms with Crippen molar-refractivity contribution >= 4 is 5.91 Å². The SMILES string of the molecule is CCOc1ccc(C(=O)NC2CC(C)(C)NC(C)(C)C2)cc1OC. The van der Waals surface area contributed by atoms with Gasteiger partial charge in [-0.15, -0.1) is 0 Å². The Morgan fingerprint density at radius 3 is 2.38 bits per heavy atom. The third-order valence-corrected chi connectivity index (χ3v) is 4.25. The smallest absolute Gasteiger partial charge is 0.251 e. The van der Waals surface area contributed by atoms with Gasteiger partial charge < -0.3 is 20.1 Å². The van der Waals surface area contributed by atoms with Crippen molar-refractivity contribution in [1.82, 2.24) is 10.6 Å². The highest BCUT2D eigenvalue weighted by Crippen LogP contribution is 2.30. The summed E-state index contributed by atoms with van der Waals surface area (Å²) < 4.78 is 10.8. The summed E-state index contributed by atoms with van der Waals surface area (Å²) in [5.74, 6) is 1.16. The number of nitrogens with one attached hydrogen (secondary N) is 2. The van der Waals surface area contributed by atoms with Gasteiger partial charge in [0.1, 0.15) is 0 Å². The fraction of sp³-hybridized carbons (Fsp3) is 0.632. The summed E-state index contributed by atoms with van der Waals surface area (Å²) in [6.07, 6.45) is 1.80. The molecule has 1 aliphatic rings. The number of hydrogen-bond donors (Lipinski definition) is 2. The number of benzene rings is 1. The minimum atomic E-state index is -0.0742. The number of ether oxygens (including phenoxy) is 2. The second-order valence-corrected chi connectivity index (χ2v) is 7.77. The number of hydrogen-bond acceptors (Lipinski definition) is 4. The van der Waals surface area contributed by atoms with Crippen molar-refractivity contribution in [2.45, 2.75) is 64.6 Å². The third-order valence-electron chi connectivity index (χ3n) is 4.25. The number of methoxy groups -OCH3 is 1. The molecule has 0 unspecified atom stereocenters. The summed E-state index contributed by atoms with van der Waals surface area (Å²) in [6, 6.07) is 5.44. The van der Waals surface area contributed by atoms with E-state index in [0.29, 0.717) is 23.7 Å². The molecule has 0 bridgehead atoms. The molecule has 1 amide bonds. The zero-order valence-electron chi connectivity index (χ0n) is 15.7. The highest BCUT2D eigenvalue weighted by atomic mass is 16.5. The summed E-state index contributed by atoms with van der Waals surface area (Å²) in [7, 11) is 1.58. The molecule has 0 radical (unpaired) electrons. The van der Waals surface area contributed by atoms with E-state index < -0.39 is 0 Å². The van der Waals surface area contributed by atoms with E-state index in [-0.39, 0.29) is 23.0 Å². The average molecular weight is 334 g/mol. The van der Waals surface area contributed by atoms with Crippen LogP contribution in [0.3, 0.4) is 0 Å². The number of piperidine rings is 1. The van der Waals surface area contributed by atoms with Gasteiger partial charge in [0, 0.05) is 22.7 Å². The predicted octanol–water partition coefficient (Wildman–Crippen LogP) is 3.13. The normalized spacial score (nSPS) is 19.6. The van der Waals surface area contributed by atoms with Gasteiger partial charge in [0.15, 0.2) is 11.5 Å². The van der Waals surface area contributed by atoms with Crippen molar-refractivity contribution in [2.24, 2.45) is 0 Å². The van der Waals surface area contributed by atoms with E-state index in [0.717, 1.165) is 12.8 Å². The van der Waals surface area contributed by atoms with Crippen LogP contribution in [0, 0.1) is 0 Å². The van der Waals surface area contributed by atoms with Crippen LogP contribution in [0.5, 0.6) is 11.5 Å². The van der Waals surface area contributed by atoms with Crippen LogP contribution < -0.4 is 20.1 Å². The first-order valence-electron chi connectivity index (χ1n) is 8.57. The van der Waals surface area contributed by atoms with E-state index in [1.807, 2.05) is 6.92 Å². The van der Waals surface area contributed by atoms with E-state index in [2.05, 4.69) is 38.3 Å². The largest absolute Gasteiger partial charge is 0.493 e. The van der Waals surface area contributed by atoms with E-state index in [4.69, 9.17) is 9.47 Å². The van der Waals surface area contributed by atoms with Crippen molar-refractivity contribution in [2.75, 3.05) is 13.7 Å². The molecule has 2 rings (SSSR count). The molecule has 24 heavy (non-hydrogen) atoms. The molecule has 5 heteroatoms. The molecule has 1 saturated heterocycles. The van der Waals surface area contributed by atoms with Crippen molar-refractivity contribution < 1.29 is 14.3 Å². The van der Waals surface area contributed by atoms with Crippen LogP contribution in [0.4, 0.5) is 0 Å². The topological polar surface area (TPSA) is 59.6 Å². The van der Waals surface area contributed by atoms with E-state index in [1.165, 1.54) is 0 Å². The van der Waals surface area contributed by atoms with Crippen LogP contribution in [0.25, 0.3) is 0 Å². The molecule has 134 valence electrons. The fourth-order valence-corrected chi connectivity index (χ4v) is 3.78. The molecule has 1 aliphatic heterocycles. The van der Waals surface area contributed by atoms with E-state index in [1.54, 1.807) is 25.3 Å². The summed E-state index contributed by atoms with van der Waals surface area (Å²) in [5.41, 5.74) is 0.580. The van der Waals surface area contributed by atoms with Crippen molar-refractivity contribution in [3.63, 3.8) is 0 Å². The summed E-state index contributed by atoms with van der Waals surface area (Å²) in [5, 5.41) is 6.80. The Bertz CT molecular complexity index is 580. The van der Waals surface area contributed by atoms with Crippen LogP contribution in [0.1, 0.15) is 57.8 Å². The highest BCUT2D eigenvalue weighted by molar-refractivity contribution is 5.95. The Kier molecular flexibility index (Phi) is 5.43. The van der Waals surface area contributed by atoms with Crippen LogP contribution in [-0.4, -0.2) is 36.7 Å². The molecule has 0 aliphatic carbocycles. The maximum Gasteiger partial charge on any atom is 0.251 e. The first-order chi connectivity index (χ1) is 11.2. The molecule has 5 nitrogen and oxygen atoms in total. The minimum absolute atomic E-state index is 0.00376. The first-order valence-corrected chi connectivity index (χ1v) is 8.57. The molecule has 0 atom stereocenters. The molecule has 0 spiro atoms. The maximum atomic E-state index is 12.6. The van der Waals surface area contributed by atoms with Crippen molar-refractivity contribution in [1.29, 1.82) is 0 Å². The Morgan fingerprint density at radius 2 is 1.83 bits per heavy atom. The zero-order valence-corrected chi connectivity index (χ0v) is 15.7. The monoisotopic (exact) mass is 334 g/mol. The summed E-state index contributed by atoms with van der Waals surface area (Å²) in [4.78, 5) is 12.6. The molecule has 0 saturated carbocycles. The van der Waals surface area contributed by atoms with Crippen molar-refractivity contribution in [3.8, 4) is 11.5 Å². The van der Waals surface area contributed by atoms with Crippen LogP contribution in [-0.2, 0) is 0 Å². The van der Waals surface area contributed by atoms with Gasteiger partial charge in [0.2, 0.25) is 0 Å². The summed E-state index contributed by atoms with van der Waals surface area (Å²) >= 11 is 0. The number of amides is 1. The first kappa shape index (κ1) is 18.6. The van der Waals surface area contributed by atoms with Gasteiger partial charge in [0.25, 0.3) is 5.91 Å². The zero-order chi connectivity index (χ0) is 18.0. The maximum absolute atomic E-state index is 12.6. The molecule has 1 fully saturated rings. The Hall–Kier alpha value is -1.75. The number of carbonyl (C=O) groups excluding carboxylic acids is 1. The van der Waals surface area contributed by atoms with Crippen molar-refractivity contribution in [3.05, 3.63) is 23.8 Å². The van der Waals surface area contributed by atoms with Gasteiger partial charge in [0.05, 0.1) is 13.7 Å². The standard InChI is InChI=1S/C19H30N2O3/c1-7-24-15-9-8-13(10-16(15)23-6)17(22)20-14-11-18(2,3)21-19(4,5)12-14/h8-10,14,21H,7,11-12H2,1-6H3,(H,20,22). The molecule has 1 aromatic rings. The van der Waals surface area contributed by atoms with E-state index >= 15 is 0 Å². The van der Waals surface area contributed by atoms with Crippen LogP contribution in [0.2, 0.25) is 0 Å². The van der Waals surface area contributed by atoms with Crippen LogP contribution in [0.15, 0.2) is 18.2 Å². The molecular formula is C19H30N2O3. The highest BCUT2D eigenvalue weighted by Gasteiger charge is 2.38. The van der Waals surface area contributed by atoms with E-state index in [9.17, 15) is 4.79 Å². The van der Waals surface area contributed by atoms with Gasteiger partial charge in [-0.25, -0.2) is 0 Å². The lowest BCUT2D eigenvalue weighted by molar-refractivity contribution is 0.0873. The van der Waals surface area contributed by atoms with Gasteiger partial charge in [-0.3, -0.25) is 4.79 Å². The molecule has 2 N–H and O–H groups in total. The quantitative estimate of drug-likeness (QED) is 0.868. The lowest BCUT2D eigenvalue weighted by atomic mass is 9.79. The number of carbonyl (C=O) groups is 1. The lowest BCUT2D eigenvalue weighted by Gasteiger charge is -2.46. The van der Waals surface area contributed by atoms with Gasteiger partial charge in [-0.2, -0.15) is 0 Å². The van der Waals surface area contributed by atoms with Gasteiger partial charge in [-0.1, -0.05) is 0 Å². The molecule has 1 heterocycles. The van der Waals surface area contributed by atoms with Crippen LogP contribution >= 0.6 is 0 Å².